The van der Waals surface area contributed by atoms with Crippen LogP contribution in [0.25, 0.3) is 0 Å². The smallest absolute Gasteiger partial charge is 0.416 e. The molecule has 0 amide bonds. The molecule has 0 aromatic heterocycles. The van der Waals surface area contributed by atoms with Crippen molar-refractivity contribution in [2.45, 2.75) is 30.6 Å². The number of halogens is 4. The van der Waals surface area contributed by atoms with Crippen LogP contribution in [0.4, 0.5) is 17.6 Å². The predicted octanol–water partition coefficient (Wildman–Crippen LogP) is 5.26. The second kappa shape index (κ2) is 10.4. The molecule has 0 spiro atoms. The molecular formula is C24H21F4NO5S. The average Bonchev–Trinajstić information content (AvgIpc) is 2.81. The van der Waals surface area contributed by atoms with Crippen LogP contribution in [-0.4, -0.2) is 30.3 Å². The molecule has 0 aliphatic rings. The SMILES string of the molecule is CCN(Cc1ccc(OC(C(=O)O)c2cccc(C(F)(F)F)c2)cc1)S(=O)(=O)c1ccc(F)cc1. The first-order chi connectivity index (χ1) is 16.4. The molecule has 0 aliphatic heterocycles. The van der Waals surface area contributed by atoms with Gasteiger partial charge >= 0.3 is 12.1 Å². The fourth-order valence-corrected chi connectivity index (χ4v) is 4.71. The Hall–Kier alpha value is -3.44. The van der Waals surface area contributed by atoms with Gasteiger partial charge in [-0.2, -0.15) is 17.5 Å². The van der Waals surface area contributed by atoms with Crippen molar-refractivity contribution in [1.82, 2.24) is 4.31 Å². The second-order valence-corrected chi connectivity index (χ2v) is 9.43. The topological polar surface area (TPSA) is 83.9 Å². The molecule has 1 unspecified atom stereocenters. The summed E-state index contributed by atoms with van der Waals surface area (Å²) in [5.74, 6) is -1.97. The van der Waals surface area contributed by atoms with E-state index in [0.717, 1.165) is 24.3 Å². The van der Waals surface area contributed by atoms with Crippen LogP contribution in [0.1, 0.15) is 29.7 Å². The maximum atomic E-state index is 13.2. The van der Waals surface area contributed by atoms with Crippen LogP contribution in [0.3, 0.4) is 0 Å². The minimum atomic E-state index is -4.64. The number of aliphatic carboxylic acids is 1. The molecule has 1 N–H and O–H groups in total. The molecule has 0 heterocycles. The Bertz CT molecular complexity index is 1280. The highest BCUT2D eigenvalue weighted by molar-refractivity contribution is 7.89. The first kappa shape index (κ1) is 26.2. The van der Waals surface area contributed by atoms with Gasteiger partial charge in [0, 0.05) is 18.7 Å². The number of hydrogen-bond donors (Lipinski definition) is 1. The molecule has 0 fully saturated rings. The molecule has 3 aromatic carbocycles. The number of benzene rings is 3. The summed E-state index contributed by atoms with van der Waals surface area (Å²) in [5.41, 5.74) is -0.628. The third kappa shape index (κ3) is 6.37. The van der Waals surface area contributed by atoms with Crippen LogP contribution in [0.15, 0.2) is 77.7 Å². The van der Waals surface area contributed by atoms with Crippen molar-refractivity contribution < 1.29 is 40.6 Å². The van der Waals surface area contributed by atoms with Gasteiger partial charge in [0.05, 0.1) is 10.5 Å². The predicted molar refractivity (Wildman–Crippen MR) is 119 cm³/mol. The largest absolute Gasteiger partial charge is 0.478 e. The summed E-state index contributed by atoms with van der Waals surface area (Å²) < 4.78 is 84.5. The normalized spacial score (nSPS) is 13.0. The van der Waals surface area contributed by atoms with Crippen LogP contribution in [0.2, 0.25) is 0 Å². The number of sulfonamides is 1. The average molecular weight is 511 g/mol. The Kier molecular flexibility index (Phi) is 7.81. The van der Waals surface area contributed by atoms with Crippen LogP contribution in [0.5, 0.6) is 5.75 Å². The minimum Gasteiger partial charge on any atom is -0.478 e. The van der Waals surface area contributed by atoms with Crippen molar-refractivity contribution in [2.24, 2.45) is 0 Å². The Balaban J connectivity index is 1.77. The van der Waals surface area contributed by atoms with Crippen molar-refractivity contribution in [3.05, 3.63) is 95.3 Å². The van der Waals surface area contributed by atoms with Crippen LogP contribution < -0.4 is 4.74 Å². The van der Waals surface area contributed by atoms with Gasteiger partial charge in [-0.3, -0.25) is 0 Å². The van der Waals surface area contributed by atoms with E-state index in [2.05, 4.69) is 0 Å². The van der Waals surface area contributed by atoms with E-state index in [1.165, 1.54) is 46.8 Å². The van der Waals surface area contributed by atoms with Crippen LogP contribution >= 0.6 is 0 Å². The lowest BCUT2D eigenvalue weighted by molar-refractivity contribution is -0.146. The molecule has 0 saturated heterocycles. The highest BCUT2D eigenvalue weighted by Gasteiger charge is 2.32. The molecule has 6 nitrogen and oxygen atoms in total. The zero-order valence-electron chi connectivity index (χ0n) is 18.4. The molecule has 35 heavy (non-hydrogen) atoms. The van der Waals surface area contributed by atoms with E-state index in [1.807, 2.05) is 0 Å². The molecular weight excluding hydrogens is 490 g/mol. The monoisotopic (exact) mass is 511 g/mol. The summed E-state index contributed by atoms with van der Waals surface area (Å²) in [7, 11) is -3.89. The number of carboxylic acids is 1. The number of hydrogen-bond acceptors (Lipinski definition) is 4. The van der Waals surface area contributed by atoms with Gasteiger partial charge in [-0.25, -0.2) is 17.6 Å². The number of nitrogens with zero attached hydrogens (tertiary/aromatic N) is 1. The third-order valence-corrected chi connectivity index (χ3v) is 7.02. The van der Waals surface area contributed by atoms with Crippen LogP contribution in [-0.2, 0) is 27.5 Å². The maximum absolute atomic E-state index is 13.2. The van der Waals surface area contributed by atoms with Gasteiger partial charge in [-0.15, -0.1) is 0 Å². The number of ether oxygens (including phenoxy) is 1. The number of carbonyl (C=O) groups is 1. The van der Waals surface area contributed by atoms with Gasteiger partial charge in [0.1, 0.15) is 11.6 Å². The quantitative estimate of drug-likeness (QED) is 0.396. The van der Waals surface area contributed by atoms with Gasteiger partial charge in [0.15, 0.2) is 0 Å². The van der Waals surface area contributed by atoms with Gasteiger partial charge in [0.2, 0.25) is 16.1 Å². The molecule has 186 valence electrons. The zero-order valence-corrected chi connectivity index (χ0v) is 19.2. The number of alkyl halides is 3. The zero-order chi connectivity index (χ0) is 25.8. The highest BCUT2D eigenvalue weighted by Crippen LogP contribution is 2.32. The van der Waals surface area contributed by atoms with Crippen molar-refractivity contribution in [3.8, 4) is 5.75 Å². The molecule has 11 heteroatoms. The van der Waals surface area contributed by atoms with E-state index >= 15 is 0 Å². The van der Waals surface area contributed by atoms with Crippen molar-refractivity contribution in [1.29, 1.82) is 0 Å². The molecule has 3 rings (SSSR count). The Morgan fingerprint density at radius 1 is 1.03 bits per heavy atom. The Morgan fingerprint density at radius 3 is 2.20 bits per heavy atom. The highest BCUT2D eigenvalue weighted by atomic mass is 32.2. The van der Waals surface area contributed by atoms with E-state index in [1.54, 1.807) is 6.92 Å². The van der Waals surface area contributed by atoms with Crippen LogP contribution in [0, 0.1) is 5.82 Å². The number of rotatable bonds is 9. The summed E-state index contributed by atoms with van der Waals surface area (Å²) in [5, 5.41) is 9.50. The van der Waals surface area contributed by atoms with E-state index in [4.69, 9.17) is 4.74 Å². The maximum Gasteiger partial charge on any atom is 0.416 e. The molecule has 3 aromatic rings. The van der Waals surface area contributed by atoms with E-state index in [0.29, 0.717) is 11.6 Å². The molecule has 0 bridgehead atoms. The van der Waals surface area contributed by atoms with E-state index in [-0.39, 0.29) is 29.3 Å². The first-order valence-electron chi connectivity index (χ1n) is 10.3. The van der Waals surface area contributed by atoms with Crippen molar-refractivity contribution >= 4 is 16.0 Å². The van der Waals surface area contributed by atoms with E-state index < -0.39 is 39.7 Å². The van der Waals surface area contributed by atoms with Crippen molar-refractivity contribution in [2.75, 3.05) is 6.54 Å². The standard InChI is InChI=1S/C24H21F4NO5S/c1-2-29(35(32,33)21-12-8-19(25)9-13-21)15-16-6-10-20(11-7-16)34-22(23(30)31)17-4-3-5-18(14-17)24(26,27)28/h3-14,22H,2,15H2,1H3,(H,30,31). The fourth-order valence-electron chi connectivity index (χ4n) is 3.27. The summed E-state index contributed by atoms with van der Waals surface area (Å²) in [6, 6.07) is 14.1. The third-order valence-electron chi connectivity index (χ3n) is 5.08. The fraction of sp³-hybridized carbons (Fsp3) is 0.208. The number of carboxylic acid groups (broad SMARTS) is 1. The lowest BCUT2D eigenvalue weighted by Crippen LogP contribution is -2.30. The lowest BCUT2D eigenvalue weighted by atomic mass is 10.1. The van der Waals surface area contributed by atoms with Gasteiger partial charge < -0.3 is 9.84 Å². The first-order valence-corrected chi connectivity index (χ1v) is 11.8. The molecule has 1 atom stereocenters. The second-order valence-electron chi connectivity index (χ2n) is 7.49. The Labute approximate surface area is 199 Å². The lowest BCUT2D eigenvalue weighted by Gasteiger charge is -2.21. The Morgan fingerprint density at radius 2 is 1.66 bits per heavy atom. The molecule has 0 aliphatic carbocycles. The van der Waals surface area contributed by atoms with Gasteiger partial charge in [-0.1, -0.05) is 31.2 Å². The molecule has 0 saturated carbocycles. The van der Waals surface area contributed by atoms with Gasteiger partial charge in [0.25, 0.3) is 0 Å². The molecule has 0 radical (unpaired) electrons. The summed E-state index contributed by atoms with van der Waals surface area (Å²) in [4.78, 5) is 11.6. The summed E-state index contributed by atoms with van der Waals surface area (Å²) in [6.45, 7) is 1.76. The minimum absolute atomic E-state index is 0.0214. The summed E-state index contributed by atoms with van der Waals surface area (Å²) >= 11 is 0. The van der Waals surface area contributed by atoms with Crippen molar-refractivity contribution in [3.63, 3.8) is 0 Å². The summed E-state index contributed by atoms with van der Waals surface area (Å²) in [6.07, 6.45) is -6.32. The van der Waals surface area contributed by atoms with Gasteiger partial charge in [-0.05, 0) is 54.1 Å². The van der Waals surface area contributed by atoms with E-state index in [9.17, 15) is 35.9 Å².